The second-order valence-corrected chi connectivity index (χ2v) is 6.43. The lowest BCUT2D eigenvalue weighted by molar-refractivity contribution is 0.173. The van der Waals surface area contributed by atoms with E-state index in [1.165, 1.54) is 11.1 Å². The Morgan fingerprint density at radius 2 is 1.76 bits per heavy atom. The summed E-state index contributed by atoms with van der Waals surface area (Å²) < 4.78 is 16.4. The number of hydrogen-bond donors (Lipinski definition) is 1. The van der Waals surface area contributed by atoms with Gasteiger partial charge in [0.15, 0.2) is 11.5 Å². The SMILES string of the molecule is COc1ccc(C(c2ccc3c(c2)OCO3)N2CCCNCC2)cc1. The van der Waals surface area contributed by atoms with Crippen molar-refractivity contribution in [3.8, 4) is 17.2 Å². The van der Waals surface area contributed by atoms with Gasteiger partial charge in [0.2, 0.25) is 6.79 Å². The molecule has 0 saturated carbocycles. The van der Waals surface area contributed by atoms with Gasteiger partial charge in [-0.3, -0.25) is 4.90 Å². The molecule has 1 N–H and O–H groups in total. The minimum absolute atomic E-state index is 0.195. The number of benzene rings is 2. The van der Waals surface area contributed by atoms with Crippen molar-refractivity contribution in [2.45, 2.75) is 12.5 Å². The maximum Gasteiger partial charge on any atom is 0.231 e. The van der Waals surface area contributed by atoms with Gasteiger partial charge in [0.1, 0.15) is 5.75 Å². The number of ether oxygens (including phenoxy) is 3. The Balaban J connectivity index is 1.71. The van der Waals surface area contributed by atoms with Crippen molar-refractivity contribution < 1.29 is 14.2 Å². The third-order valence-corrected chi connectivity index (χ3v) is 4.88. The van der Waals surface area contributed by atoms with Crippen LogP contribution in [-0.4, -0.2) is 45.0 Å². The highest BCUT2D eigenvalue weighted by atomic mass is 16.7. The lowest BCUT2D eigenvalue weighted by Gasteiger charge is -2.31. The molecule has 1 unspecified atom stereocenters. The molecule has 2 heterocycles. The van der Waals surface area contributed by atoms with Crippen LogP contribution in [0.2, 0.25) is 0 Å². The van der Waals surface area contributed by atoms with E-state index < -0.39 is 0 Å². The van der Waals surface area contributed by atoms with Crippen LogP contribution in [0.4, 0.5) is 0 Å². The maximum atomic E-state index is 5.60. The first kappa shape index (κ1) is 16.2. The Hall–Kier alpha value is -2.24. The first-order chi connectivity index (χ1) is 12.3. The van der Waals surface area contributed by atoms with E-state index in [0.29, 0.717) is 6.79 Å². The number of nitrogens with zero attached hydrogens (tertiary/aromatic N) is 1. The Bertz CT molecular complexity index is 709. The average Bonchev–Trinajstić information content (AvgIpc) is 2.96. The van der Waals surface area contributed by atoms with Crippen molar-refractivity contribution in [1.29, 1.82) is 0 Å². The predicted molar refractivity (Wildman–Crippen MR) is 96.5 cm³/mol. The Morgan fingerprint density at radius 3 is 2.60 bits per heavy atom. The molecule has 0 aromatic heterocycles. The second kappa shape index (κ2) is 7.33. The molecular weight excluding hydrogens is 316 g/mol. The molecule has 5 nitrogen and oxygen atoms in total. The van der Waals surface area contributed by atoms with Gasteiger partial charge in [-0.25, -0.2) is 0 Å². The molecule has 0 amide bonds. The Kier molecular flexibility index (Phi) is 4.76. The number of nitrogens with one attached hydrogen (secondary N) is 1. The zero-order chi connectivity index (χ0) is 17.1. The normalized spacial score (nSPS) is 18.6. The predicted octanol–water partition coefficient (Wildman–Crippen LogP) is 2.81. The Labute approximate surface area is 148 Å². The molecule has 1 fully saturated rings. The molecule has 0 radical (unpaired) electrons. The fraction of sp³-hybridized carbons (Fsp3) is 0.400. The lowest BCUT2D eigenvalue weighted by atomic mass is 9.96. The first-order valence-electron chi connectivity index (χ1n) is 8.83. The number of hydrogen-bond acceptors (Lipinski definition) is 5. The van der Waals surface area contributed by atoms with E-state index in [0.717, 1.165) is 49.8 Å². The van der Waals surface area contributed by atoms with Crippen LogP contribution in [-0.2, 0) is 0 Å². The molecule has 5 heteroatoms. The van der Waals surface area contributed by atoms with Crippen LogP contribution in [0, 0.1) is 0 Å². The molecule has 0 bridgehead atoms. The molecule has 25 heavy (non-hydrogen) atoms. The van der Waals surface area contributed by atoms with Crippen LogP contribution in [0.5, 0.6) is 17.2 Å². The van der Waals surface area contributed by atoms with E-state index in [-0.39, 0.29) is 6.04 Å². The molecule has 132 valence electrons. The highest BCUT2D eigenvalue weighted by Gasteiger charge is 2.25. The Morgan fingerprint density at radius 1 is 0.960 bits per heavy atom. The topological polar surface area (TPSA) is 43.0 Å². The fourth-order valence-corrected chi connectivity index (χ4v) is 3.61. The third kappa shape index (κ3) is 3.43. The molecular formula is C20H24N2O3. The lowest BCUT2D eigenvalue weighted by Crippen LogP contribution is -2.33. The summed E-state index contributed by atoms with van der Waals surface area (Å²) in [5, 5.41) is 3.49. The summed E-state index contributed by atoms with van der Waals surface area (Å²) in [4.78, 5) is 2.54. The summed E-state index contributed by atoms with van der Waals surface area (Å²) in [6.45, 7) is 4.48. The molecule has 0 aliphatic carbocycles. The van der Waals surface area contributed by atoms with E-state index in [4.69, 9.17) is 14.2 Å². The highest BCUT2D eigenvalue weighted by molar-refractivity contribution is 5.47. The zero-order valence-corrected chi connectivity index (χ0v) is 14.5. The zero-order valence-electron chi connectivity index (χ0n) is 14.5. The van der Waals surface area contributed by atoms with Crippen LogP contribution in [0.3, 0.4) is 0 Å². The number of methoxy groups -OCH3 is 1. The van der Waals surface area contributed by atoms with Crippen LogP contribution < -0.4 is 19.5 Å². The molecule has 1 saturated heterocycles. The van der Waals surface area contributed by atoms with Crippen molar-refractivity contribution in [2.75, 3.05) is 40.1 Å². The average molecular weight is 340 g/mol. The molecule has 4 rings (SSSR count). The first-order valence-corrected chi connectivity index (χ1v) is 8.83. The largest absolute Gasteiger partial charge is 0.497 e. The fourth-order valence-electron chi connectivity index (χ4n) is 3.61. The van der Waals surface area contributed by atoms with Gasteiger partial charge >= 0.3 is 0 Å². The van der Waals surface area contributed by atoms with Crippen LogP contribution >= 0.6 is 0 Å². The van der Waals surface area contributed by atoms with Gasteiger partial charge in [0, 0.05) is 19.6 Å². The number of rotatable bonds is 4. The molecule has 2 aromatic carbocycles. The van der Waals surface area contributed by atoms with Gasteiger partial charge in [-0.05, 0) is 48.4 Å². The van der Waals surface area contributed by atoms with Gasteiger partial charge in [0.25, 0.3) is 0 Å². The van der Waals surface area contributed by atoms with Crippen molar-refractivity contribution in [1.82, 2.24) is 10.2 Å². The van der Waals surface area contributed by atoms with Crippen molar-refractivity contribution in [3.05, 3.63) is 53.6 Å². The summed E-state index contributed by atoms with van der Waals surface area (Å²) in [6, 6.07) is 14.9. The standard InChI is InChI=1S/C20H24N2O3/c1-23-17-6-3-15(4-7-17)20(22-11-2-9-21-10-12-22)16-5-8-18-19(13-16)25-14-24-18/h3-8,13,20-21H,2,9-12,14H2,1H3. The summed E-state index contributed by atoms with van der Waals surface area (Å²) in [6.07, 6.45) is 1.15. The summed E-state index contributed by atoms with van der Waals surface area (Å²) >= 11 is 0. The minimum atomic E-state index is 0.195. The number of fused-ring (bicyclic) bond motifs is 1. The van der Waals surface area contributed by atoms with Crippen LogP contribution in [0.1, 0.15) is 23.6 Å². The van der Waals surface area contributed by atoms with Crippen molar-refractivity contribution in [2.24, 2.45) is 0 Å². The van der Waals surface area contributed by atoms with Gasteiger partial charge in [-0.2, -0.15) is 0 Å². The third-order valence-electron chi connectivity index (χ3n) is 4.88. The highest BCUT2D eigenvalue weighted by Crippen LogP contribution is 2.38. The van der Waals surface area contributed by atoms with E-state index in [2.05, 4.69) is 34.5 Å². The minimum Gasteiger partial charge on any atom is -0.497 e. The van der Waals surface area contributed by atoms with Gasteiger partial charge in [0.05, 0.1) is 13.2 Å². The van der Waals surface area contributed by atoms with Gasteiger partial charge in [-0.1, -0.05) is 18.2 Å². The smallest absolute Gasteiger partial charge is 0.231 e. The molecule has 2 aromatic rings. The maximum absolute atomic E-state index is 5.60. The van der Waals surface area contributed by atoms with E-state index in [1.807, 2.05) is 18.2 Å². The van der Waals surface area contributed by atoms with E-state index in [9.17, 15) is 0 Å². The summed E-state index contributed by atoms with van der Waals surface area (Å²) in [5.41, 5.74) is 2.50. The van der Waals surface area contributed by atoms with Crippen molar-refractivity contribution in [3.63, 3.8) is 0 Å². The molecule has 2 aliphatic heterocycles. The van der Waals surface area contributed by atoms with Crippen molar-refractivity contribution >= 4 is 0 Å². The summed E-state index contributed by atoms with van der Waals surface area (Å²) in [7, 11) is 1.70. The van der Waals surface area contributed by atoms with Crippen LogP contribution in [0.15, 0.2) is 42.5 Å². The molecule has 2 aliphatic rings. The van der Waals surface area contributed by atoms with Gasteiger partial charge < -0.3 is 19.5 Å². The van der Waals surface area contributed by atoms with E-state index >= 15 is 0 Å². The summed E-state index contributed by atoms with van der Waals surface area (Å²) in [5.74, 6) is 2.55. The van der Waals surface area contributed by atoms with Crippen LogP contribution in [0.25, 0.3) is 0 Å². The quantitative estimate of drug-likeness (QED) is 0.927. The second-order valence-electron chi connectivity index (χ2n) is 6.43. The van der Waals surface area contributed by atoms with Gasteiger partial charge in [-0.15, -0.1) is 0 Å². The molecule has 1 atom stereocenters. The molecule has 0 spiro atoms. The van der Waals surface area contributed by atoms with E-state index in [1.54, 1.807) is 7.11 Å². The monoisotopic (exact) mass is 340 g/mol.